The van der Waals surface area contributed by atoms with Gasteiger partial charge in [-0.05, 0) is 17.8 Å². The van der Waals surface area contributed by atoms with E-state index in [2.05, 4.69) is 13.8 Å². The summed E-state index contributed by atoms with van der Waals surface area (Å²) in [5.41, 5.74) is 1.57. The number of aldehydes is 1. The number of phenols is 1. The van der Waals surface area contributed by atoms with Gasteiger partial charge in [0.1, 0.15) is 0 Å². The third kappa shape index (κ3) is 3.15. The number of carbonyl (C=O) groups is 1. The number of phenolic OH excluding ortho intramolecular Hbond substituents is 1. The Balaban J connectivity index is 2.47. The molecule has 2 aromatic rings. The van der Waals surface area contributed by atoms with Crippen molar-refractivity contribution in [1.82, 2.24) is 0 Å². The van der Waals surface area contributed by atoms with Crippen LogP contribution in [0.5, 0.6) is 11.5 Å². The summed E-state index contributed by atoms with van der Waals surface area (Å²) in [6.07, 6.45) is 1.74. The second-order valence-corrected chi connectivity index (χ2v) is 7.26. The van der Waals surface area contributed by atoms with Crippen LogP contribution < -0.4 is 10.0 Å². The van der Waals surface area contributed by atoms with Crippen LogP contribution >= 0.6 is 8.58 Å². The highest BCUT2D eigenvalue weighted by Gasteiger charge is 2.30. The minimum atomic E-state index is -0.252. The largest absolute Gasteiger partial charge is 0.504 e. The summed E-state index contributed by atoms with van der Waals surface area (Å²) in [6, 6.07) is 13.2. The number of methoxy groups -OCH3 is 1. The highest BCUT2D eigenvalue weighted by atomic mass is 31.1. The normalized spacial score (nSPS) is 14.0. The first-order chi connectivity index (χ1) is 10.6. The van der Waals surface area contributed by atoms with Crippen molar-refractivity contribution in [3.8, 4) is 11.5 Å². The summed E-state index contributed by atoms with van der Waals surface area (Å²) in [4.78, 5) is 11.2. The van der Waals surface area contributed by atoms with Gasteiger partial charge < -0.3 is 9.84 Å². The van der Waals surface area contributed by atoms with Gasteiger partial charge in [-0.15, -0.1) is 0 Å². The fourth-order valence-corrected chi connectivity index (χ4v) is 4.06. The van der Waals surface area contributed by atoms with E-state index in [1.54, 1.807) is 13.2 Å². The minimum absolute atomic E-state index is 0.186. The topological polar surface area (TPSA) is 46.5 Å². The first kappa shape index (κ1) is 16.5. The van der Waals surface area contributed by atoms with Gasteiger partial charge in [-0.1, -0.05) is 58.8 Å². The zero-order valence-electron chi connectivity index (χ0n) is 13.1. The van der Waals surface area contributed by atoms with Crippen molar-refractivity contribution in [3.63, 3.8) is 0 Å². The van der Waals surface area contributed by atoms with Gasteiger partial charge in [0.25, 0.3) is 0 Å². The molecular weight excluding hydrogens is 295 g/mol. The Hall–Kier alpha value is -1.86. The highest BCUT2D eigenvalue weighted by molar-refractivity contribution is 7.48. The molecule has 0 aromatic heterocycles. The Labute approximate surface area is 133 Å². The number of carbonyl (C=O) groups excluding carboxylic acids is 1. The number of ether oxygens (including phenoxy) is 1. The van der Waals surface area contributed by atoms with Crippen LogP contribution in [0.1, 0.15) is 36.2 Å². The Morgan fingerprint density at radius 1 is 1.23 bits per heavy atom. The smallest absolute Gasteiger partial charge is 0.161 e. The summed E-state index contributed by atoms with van der Waals surface area (Å²) in [5, 5.41) is 11.2. The van der Waals surface area contributed by atoms with Gasteiger partial charge in [0.2, 0.25) is 0 Å². The van der Waals surface area contributed by atoms with Crippen molar-refractivity contribution in [2.75, 3.05) is 7.11 Å². The van der Waals surface area contributed by atoms with Crippen LogP contribution in [-0.4, -0.2) is 18.5 Å². The molecule has 0 saturated carbocycles. The number of para-hydroxylation sites is 1. The second kappa shape index (κ2) is 6.93. The molecule has 0 aliphatic carbocycles. The average molecular weight is 316 g/mol. The van der Waals surface area contributed by atoms with E-state index in [0.717, 1.165) is 23.6 Å². The molecule has 0 aliphatic heterocycles. The van der Waals surface area contributed by atoms with Crippen LogP contribution in [0.25, 0.3) is 0 Å². The monoisotopic (exact) mass is 316 g/mol. The SMILES string of the molecule is CCC(C)(Pc1ccccc1C=O)c1cccc(OC)c1O. The molecule has 116 valence electrons. The molecule has 0 spiro atoms. The fraction of sp³-hybridized carbons (Fsp3) is 0.278. The van der Waals surface area contributed by atoms with E-state index in [1.165, 1.54) is 0 Å². The predicted molar refractivity (Wildman–Crippen MR) is 92.1 cm³/mol. The lowest BCUT2D eigenvalue weighted by Crippen LogP contribution is -2.20. The average Bonchev–Trinajstić information content (AvgIpc) is 2.55. The Morgan fingerprint density at radius 3 is 2.59 bits per heavy atom. The highest BCUT2D eigenvalue weighted by Crippen LogP contribution is 2.49. The van der Waals surface area contributed by atoms with Gasteiger partial charge in [0.05, 0.1) is 7.11 Å². The Kier molecular flexibility index (Phi) is 5.20. The summed E-state index contributed by atoms with van der Waals surface area (Å²) in [7, 11) is 1.93. The van der Waals surface area contributed by atoms with E-state index in [1.807, 2.05) is 36.4 Å². The van der Waals surface area contributed by atoms with Crippen LogP contribution in [0, 0.1) is 0 Å². The van der Waals surface area contributed by atoms with Crippen molar-refractivity contribution >= 4 is 20.2 Å². The van der Waals surface area contributed by atoms with Crippen LogP contribution in [0.2, 0.25) is 0 Å². The molecule has 4 heteroatoms. The third-order valence-corrected chi connectivity index (χ3v) is 5.92. The predicted octanol–water partition coefficient (Wildman–Crippen LogP) is 3.84. The van der Waals surface area contributed by atoms with Crippen LogP contribution in [0.4, 0.5) is 0 Å². The van der Waals surface area contributed by atoms with Crippen LogP contribution in [0.3, 0.4) is 0 Å². The number of hydrogen-bond acceptors (Lipinski definition) is 3. The molecular formula is C18H21O3P. The van der Waals surface area contributed by atoms with Gasteiger partial charge in [-0.25, -0.2) is 0 Å². The van der Waals surface area contributed by atoms with Crippen molar-refractivity contribution in [2.45, 2.75) is 25.4 Å². The van der Waals surface area contributed by atoms with E-state index >= 15 is 0 Å². The summed E-state index contributed by atoms with van der Waals surface area (Å²) >= 11 is 0. The van der Waals surface area contributed by atoms with E-state index in [0.29, 0.717) is 19.9 Å². The fourth-order valence-electron chi connectivity index (χ4n) is 2.49. The minimum Gasteiger partial charge on any atom is -0.504 e. The van der Waals surface area contributed by atoms with E-state index in [-0.39, 0.29) is 10.9 Å². The first-order valence-electron chi connectivity index (χ1n) is 7.24. The Morgan fingerprint density at radius 2 is 1.95 bits per heavy atom. The van der Waals surface area contributed by atoms with Gasteiger partial charge >= 0.3 is 0 Å². The zero-order valence-corrected chi connectivity index (χ0v) is 14.1. The summed E-state index contributed by atoms with van der Waals surface area (Å²) in [5.74, 6) is 0.663. The Bertz CT molecular complexity index is 669. The maximum absolute atomic E-state index is 11.2. The second-order valence-electron chi connectivity index (χ2n) is 5.37. The number of hydrogen-bond donors (Lipinski definition) is 1. The number of rotatable bonds is 6. The molecule has 0 fully saturated rings. The lowest BCUT2D eigenvalue weighted by molar-refractivity contribution is 0.112. The molecule has 2 unspecified atom stereocenters. The molecule has 2 atom stereocenters. The van der Waals surface area contributed by atoms with Crippen LogP contribution in [0.15, 0.2) is 42.5 Å². The maximum Gasteiger partial charge on any atom is 0.161 e. The van der Waals surface area contributed by atoms with Gasteiger partial charge in [-0.2, -0.15) is 0 Å². The summed E-state index contributed by atoms with van der Waals surface area (Å²) < 4.78 is 5.22. The molecule has 0 aliphatic rings. The van der Waals surface area contributed by atoms with Crippen molar-refractivity contribution in [2.24, 2.45) is 0 Å². The molecule has 0 heterocycles. The molecule has 2 rings (SSSR count). The van der Waals surface area contributed by atoms with Crippen LogP contribution in [-0.2, 0) is 5.16 Å². The van der Waals surface area contributed by atoms with Crippen molar-refractivity contribution in [3.05, 3.63) is 53.6 Å². The molecule has 0 saturated heterocycles. The van der Waals surface area contributed by atoms with Crippen molar-refractivity contribution < 1.29 is 14.6 Å². The lowest BCUT2D eigenvalue weighted by atomic mass is 9.96. The van der Waals surface area contributed by atoms with Crippen molar-refractivity contribution in [1.29, 1.82) is 0 Å². The molecule has 22 heavy (non-hydrogen) atoms. The lowest BCUT2D eigenvalue weighted by Gasteiger charge is -2.30. The number of benzene rings is 2. The van der Waals surface area contributed by atoms with E-state index < -0.39 is 0 Å². The van der Waals surface area contributed by atoms with Gasteiger partial charge in [-0.3, -0.25) is 4.79 Å². The first-order valence-corrected chi connectivity index (χ1v) is 8.24. The molecule has 0 bridgehead atoms. The molecule has 3 nitrogen and oxygen atoms in total. The quantitative estimate of drug-likeness (QED) is 0.650. The maximum atomic E-state index is 11.2. The third-order valence-electron chi connectivity index (χ3n) is 4.02. The number of aromatic hydroxyl groups is 1. The zero-order chi connectivity index (χ0) is 16.2. The van der Waals surface area contributed by atoms with E-state index in [9.17, 15) is 9.90 Å². The summed E-state index contributed by atoms with van der Waals surface area (Å²) in [6.45, 7) is 4.21. The standard InChI is InChI=1S/C18H21O3P/c1-4-18(2,14-9-7-10-15(21-3)17(14)20)22-16-11-6-5-8-13(16)12-19/h5-12,20,22H,4H2,1-3H3. The van der Waals surface area contributed by atoms with Gasteiger partial charge in [0, 0.05) is 16.3 Å². The van der Waals surface area contributed by atoms with Gasteiger partial charge in [0.15, 0.2) is 17.8 Å². The molecule has 0 radical (unpaired) electrons. The molecule has 0 amide bonds. The molecule has 2 aromatic carbocycles. The van der Waals surface area contributed by atoms with E-state index in [4.69, 9.17) is 4.74 Å². The molecule has 1 N–H and O–H groups in total.